The maximum atomic E-state index is 13.0. The Morgan fingerprint density at radius 3 is 2.61 bits per heavy atom. The number of hydrogen-bond donors (Lipinski definition) is 0. The van der Waals surface area contributed by atoms with Crippen molar-refractivity contribution < 1.29 is 18.7 Å². The summed E-state index contributed by atoms with van der Waals surface area (Å²) in [6.45, 7) is 2.79. The fourth-order valence-corrected chi connectivity index (χ4v) is 4.15. The molecule has 1 spiro atoms. The van der Waals surface area contributed by atoms with Crippen LogP contribution in [0.4, 0.5) is 9.52 Å². The second-order valence-corrected chi connectivity index (χ2v) is 7.87. The average molecular weight is 406 g/mol. The van der Waals surface area contributed by atoms with Gasteiger partial charge in [-0.2, -0.15) is 4.37 Å². The van der Waals surface area contributed by atoms with Gasteiger partial charge in [-0.3, -0.25) is 4.79 Å². The zero-order valence-corrected chi connectivity index (χ0v) is 16.6. The molecule has 0 radical (unpaired) electrons. The molecule has 0 saturated carbocycles. The Balaban J connectivity index is 1.30. The number of ether oxygens (including phenoxy) is 2. The van der Waals surface area contributed by atoms with Crippen molar-refractivity contribution in [2.24, 2.45) is 0 Å². The van der Waals surface area contributed by atoms with Crippen LogP contribution < -0.4 is 4.90 Å². The molecule has 2 aliphatic heterocycles. The number of rotatable bonds is 5. The lowest BCUT2D eigenvalue weighted by Crippen LogP contribution is -2.49. The Kier molecular flexibility index (Phi) is 5.56. The topological polar surface area (TPSA) is 67.8 Å². The van der Waals surface area contributed by atoms with E-state index in [1.54, 1.807) is 12.1 Å². The summed E-state index contributed by atoms with van der Waals surface area (Å²) >= 11 is 1.26. The first kappa shape index (κ1) is 19.2. The number of benzene rings is 1. The third-order valence-electron chi connectivity index (χ3n) is 5.12. The van der Waals surface area contributed by atoms with E-state index >= 15 is 0 Å². The molecule has 9 heteroatoms. The first-order chi connectivity index (χ1) is 13.5. The van der Waals surface area contributed by atoms with Crippen LogP contribution in [0.2, 0.25) is 0 Å². The predicted octanol–water partition coefficient (Wildman–Crippen LogP) is 2.07. The number of amides is 1. The van der Waals surface area contributed by atoms with Crippen LogP contribution in [0.5, 0.6) is 0 Å². The van der Waals surface area contributed by atoms with E-state index in [4.69, 9.17) is 9.47 Å². The van der Waals surface area contributed by atoms with Crippen molar-refractivity contribution in [1.82, 2.24) is 14.3 Å². The summed E-state index contributed by atoms with van der Waals surface area (Å²) in [4.78, 5) is 20.8. The molecule has 1 amide bonds. The van der Waals surface area contributed by atoms with Crippen molar-refractivity contribution in [3.63, 3.8) is 0 Å². The minimum absolute atomic E-state index is 0.0608. The van der Waals surface area contributed by atoms with Gasteiger partial charge in [0.15, 0.2) is 5.79 Å². The third-order valence-corrected chi connectivity index (χ3v) is 5.99. The normalized spacial score (nSPS) is 18.6. The fraction of sp³-hybridized carbons (Fsp3) is 0.526. The molecule has 150 valence electrons. The highest BCUT2D eigenvalue weighted by atomic mass is 32.1. The van der Waals surface area contributed by atoms with Crippen molar-refractivity contribution in [2.45, 2.75) is 25.0 Å². The number of carbonyl (C=O) groups is 1. The molecule has 2 aromatic rings. The Bertz CT molecular complexity index is 813. The van der Waals surface area contributed by atoms with Crippen LogP contribution in [0, 0.1) is 5.82 Å². The lowest BCUT2D eigenvalue weighted by Gasteiger charge is -2.38. The van der Waals surface area contributed by atoms with Crippen molar-refractivity contribution in [2.75, 3.05) is 44.8 Å². The smallest absolute Gasteiger partial charge is 0.242 e. The molecule has 0 atom stereocenters. The molecule has 2 saturated heterocycles. The van der Waals surface area contributed by atoms with Gasteiger partial charge in [-0.15, -0.1) is 0 Å². The zero-order chi connectivity index (χ0) is 19.6. The van der Waals surface area contributed by atoms with Gasteiger partial charge in [0.2, 0.25) is 11.0 Å². The van der Waals surface area contributed by atoms with Crippen LogP contribution in [0.1, 0.15) is 24.2 Å². The highest BCUT2D eigenvalue weighted by molar-refractivity contribution is 7.09. The largest absolute Gasteiger partial charge is 0.347 e. The Morgan fingerprint density at radius 2 is 1.93 bits per heavy atom. The molecule has 0 N–H and O–H groups in total. The number of halogens is 1. The van der Waals surface area contributed by atoms with Gasteiger partial charge in [-0.25, -0.2) is 9.37 Å². The van der Waals surface area contributed by atoms with E-state index in [9.17, 15) is 9.18 Å². The van der Waals surface area contributed by atoms with Gasteiger partial charge >= 0.3 is 0 Å². The number of likely N-dealkylation sites (N-methyl/N-ethyl adjacent to an activating group) is 1. The molecule has 0 aliphatic carbocycles. The highest BCUT2D eigenvalue weighted by Gasteiger charge is 2.40. The van der Waals surface area contributed by atoms with E-state index in [-0.39, 0.29) is 18.3 Å². The van der Waals surface area contributed by atoms with Crippen LogP contribution in [-0.2, 0) is 20.7 Å². The third kappa shape index (κ3) is 4.31. The minimum Gasteiger partial charge on any atom is -0.347 e. The van der Waals surface area contributed by atoms with Crippen molar-refractivity contribution in [3.05, 3.63) is 41.5 Å². The number of hydrogen-bond acceptors (Lipinski definition) is 7. The zero-order valence-electron chi connectivity index (χ0n) is 15.8. The molecule has 0 unspecified atom stereocenters. The van der Waals surface area contributed by atoms with Crippen LogP contribution in [0.25, 0.3) is 0 Å². The van der Waals surface area contributed by atoms with Gasteiger partial charge in [0.25, 0.3) is 0 Å². The second kappa shape index (κ2) is 8.10. The molecule has 7 nitrogen and oxygen atoms in total. The Labute approximate surface area is 167 Å². The summed E-state index contributed by atoms with van der Waals surface area (Å²) in [5, 5.41) is 0.696. The molecule has 2 aliphatic rings. The molecule has 1 aromatic carbocycles. The maximum Gasteiger partial charge on any atom is 0.242 e. The molecular formula is C19H23FN4O3S. The predicted molar refractivity (Wildman–Crippen MR) is 103 cm³/mol. The van der Waals surface area contributed by atoms with Gasteiger partial charge in [0.1, 0.15) is 11.6 Å². The van der Waals surface area contributed by atoms with E-state index < -0.39 is 5.79 Å². The summed E-state index contributed by atoms with van der Waals surface area (Å²) in [5.41, 5.74) is 0.947. The van der Waals surface area contributed by atoms with Crippen molar-refractivity contribution in [1.29, 1.82) is 0 Å². The van der Waals surface area contributed by atoms with Gasteiger partial charge in [-0.1, -0.05) is 12.1 Å². The van der Waals surface area contributed by atoms with Gasteiger partial charge in [-0.05, 0) is 17.7 Å². The summed E-state index contributed by atoms with van der Waals surface area (Å²) in [7, 11) is 1.84. The maximum absolute atomic E-state index is 13.0. The van der Waals surface area contributed by atoms with Crippen molar-refractivity contribution in [3.8, 4) is 0 Å². The highest BCUT2D eigenvalue weighted by Crippen LogP contribution is 2.31. The second-order valence-electron chi connectivity index (χ2n) is 7.14. The summed E-state index contributed by atoms with van der Waals surface area (Å²) in [6, 6.07) is 6.31. The molecular weight excluding hydrogens is 383 g/mol. The first-order valence-corrected chi connectivity index (χ1v) is 10.1. The SMILES string of the molecule is CN(CC(=O)N1CCC2(CC1)OCCO2)c1nc(Cc2ccc(F)cc2)ns1. The molecule has 1 aromatic heterocycles. The molecule has 3 heterocycles. The lowest BCUT2D eigenvalue weighted by atomic mass is 10.0. The molecule has 4 rings (SSSR count). The first-order valence-electron chi connectivity index (χ1n) is 9.37. The van der Waals surface area contributed by atoms with Gasteiger partial charge < -0.3 is 19.3 Å². The van der Waals surface area contributed by atoms with E-state index in [0.717, 1.165) is 5.56 Å². The van der Waals surface area contributed by atoms with Crippen LogP contribution >= 0.6 is 11.5 Å². The number of carbonyl (C=O) groups excluding carboxylic acids is 1. The van der Waals surface area contributed by atoms with Crippen LogP contribution in [0.3, 0.4) is 0 Å². The summed E-state index contributed by atoms with van der Waals surface area (Å²) < 4.78 is 28.8. The molecule has 0 bridgehead atoms. The van der Waals surface area contributed by atoms with Crippen molar-refractivity contribution >= 4 is 22.6 Å². The number of nitrogens with zero attached hydrogens (tertiary/aromatic N) is 4. The standard InChI is InChI=1S/C19H23FN4O3S/c1-23(13-17(25)24-8-6-19(7-9-24)26-10-11-27-19)18-21-16(22-28-18)12-14-2-4-15(20)5-3-14/h2-5H,6-13H2,1H3. The minimum atomic E-state index is -0.475. The number of aromatic nitrogens is 2. The van der Waals surface area contributed by atoms with E-state index in [0.29, 0.717) is 56.5 Å². The number of piperidine rings is 1. The van der Waals surface area contributed by atoms with E-state index in [1.807, 2.05) is 16.8 Å². The number of anilines is 1. The van der Waals surface area contributed by atoms with Crippen LogP contribution in [0.15, 0.2) is 24.3 Å². The van der Waals surface area contributed by atoms with Gasteiger partial charge in [0, 0.05) is 50.9 Å². The Hall–Kier alpha value is -2.10. The number of likely N-dealkylation sites (tertiary alicyclic amines) is 1. The molecule has 28 heavy (non-hydrogen) atoms. The fourth-order valence-electron chi connectivity index (χ4n) is 3.51. The van der Waals surface area contributed by atoms with Crippen LogP contribution in [-0.4, -0.2) is 65.8 Å². The van der Waals surface area contributed by atoms with E-state index in [2.05, 4.69) is 9.36 Å². The monoisotopic (exact) mass is 406 g/mol. The summed E-state index contributed by atoms with van der Waals surface area (Å²) in [6.07, 6.45) is 1.96. The summed E-state index contributed by atoms with van der Waals surface area (Å²) in [5.74, 6) is -0.00689. The lowest BCUT2D eigenvalue weighted by molar-refractivity contribution is -0.187. The average Bonchev–Trinajstić information content (AvgIpc) is 3.34. The molecule has 2 fully saturated rings. The quantitative estimate of drug-likeness (QED) is 0.757. The van der Waals surface area contributed by atoms with Gasteiger partial charge in [0.05, 0.1) is 19.8 Å². The van der Waals surface area contributed by atoms with E-state index in [1.165, 1.54) is 23.7 Å². The Morgan fingerprint density at radius 1 is 1.25 bits per heavy atom.